The molecule has 2 aromatic rings. The number of carbonyl (C=O) groups excluding carboxylic acids is 3. The summed E-state index contributed by atoms with van der Waals surface area (Å²) < 4.78 is 0. The third-order valence-corrected chi connectivity index (χ3v) is 7.30. The first-order valence-corrected chi connectivity index (χ1v) is 11.8. The quantitative estimate of drug-likeness (QED) is 0.740. The van der Waals surface area contributed by atoms with E-state index in [1.165, 1.54) is 5.69 Å². The second-order valence-corrected chi connectivity index (χ2v) is 9.41. The van der Waals surface area contributed by atoms with Gasteiger partial charge >= 0.3 is 0 Å². The molecule has 0 saturated carbocycles. The van der Waals surface area contributed by atoms with E-state index in [0.29, 0.717) is 43.1 Å². The van der Waals surface area contributed by atoms with Crippen LogP contribution in [0.15, 0.2) is 54.6 Å². The molecule has 5 rings (SSSR count). The molecule has 0 spiro atoms. The summed E-state index contributed by atoms with van der Waals surface area (Å²) in [6.45, 7) is 4.79. The Morgan fingerprint density at radius 2 is 1.85 bits per heavy atom. The van der Waals surface area contributed by atoms with Crippen LogP contribution in [0.3, 0.4) is 0 Å². The van der Waals surface area contributed by atoms with Crippen molar-refractivity contribution in [3.63, 3.8) is 0 Å². The normalized spacial score (nSPS) is 24.2. The van der Waals surface area contributed by atoms with E-state index >= 15 is 0 Å². The SMILES string of the molecule is CC12CCC(=O)N1c1ccccc1C(=O)N2CCC(=O)NCC1CCN(c2ccccc2)C1. The Morgan fingerprint density at radius 3 is 2.67 bits per heavy atom. The Hall–Kier alpha value is -3.35. The standard InChI is InChI=1S/C26H30N4O3/c1-26-14-11-24(32)30(26)22-10-6-5-9-21(22)25(33)29(26)16-13-23(31)27-17-19-12-15-28(18-19)20-7-3-2-4-8-20/h2-10,19H,11-18H2,1H3,(H,27,31). The van der Waals surface area contributed by atoms with E-state index in [9.17, 15) is 14.4 Å². The molecule has 0 radical (unpaired) electrons. The minimum atomic E-state index is -0.718. The number of anilines is 2. The van der Waals surface area contributed by atoms with Gasteiger partial charge in [0, 0.05) is 44.7 Å². The van der Waals surface area contributed by atoms with Crippen molar-refractivity contribution >= 4 is 29.1 Å². The van der Waals surface area contributed by atoms with Crippen LogP contribution in [-0.4, -0.2) is 54.5 Å². The zero-order valence-electron chi connectivity index (χ0n) is 19.0. The maximum atomic E-state index is 13.3. The summed E-state index contributed by atoms with van der Waals surface area (Å²) in [5.41, 5.74) is 1.71. The molecule has 2 atom stereocenters. The zero-order chi connectivity index (χ0) is 23.0. The lowest BCUT2D eigenvalue weighted by Gasteiger charge is -2.48. The lowest BCUT2D eigenvalue weighted by atomic mass is 9.98. The Bertz CT molecular complexity index is 1070. The van der Waals surface area contributed by atoms with Gasteiger partial charge in [0.25, 0.3) is 5.91 Å². The summed E-state index contributed by atoms with van der Waals surface area (Å²) in [7, 11) is 0. The van der Waals surface area contributed by atoms with Crippen molar-refractivity contribution in [2.24, 2.45) is 5.92 Å². The van der Waals surface area contributed by atoms with Crippen LogP contribution in [0.4, 0.5) is 11.4 Å². The highest BCUT2D eigenvalue weighted by Gasteiger charge is 2.52. The van der Waals surface area contributed by atoms with Gasteiger partial charge in [-0.25, -0.2) is 0 Å². The molecule has 172 valence electrons. The van der Waals surface area contributed by atoms with Crippen LogP contribution in [-0.2, 0) is 9.59 Å². The number of benzene rings is 2. The van der Waals surface area contributed by atoms with Crippen LogP contribution in [0.1, 0.15) is 43.0 Å². The Morgan fingerprint density at radius 1 is 1.09 bits per heavy atom. The first-order valence-electron chi connectivity index (χ1n) is 11.8. The van der Waals surface area contributed by atoms with Gasteiger partial charge < -0.3 is 15.1 Å². The van der Waals surface area contributed by atoms with E-state index in [0.717, 1.165) is 19.5 Å². The highest BCUT2D eigenvalue weighted by Crippen LogP contribution is 2.43. The molecule has 7 nitrogen and oxygen atoms in total. The summed E-state index contributed by atoms with van der Waals surface area (Å²) in [4.78, 5) is 44.4. The average Bonchev–Trinajstić information content (AvgIpc) is 3.43. The molecule has 3 aliphatic rings. The average molecular weight is 447 g/mol. The molecule has 1 N–H and O–H groups in total. The van der Waals surface area contributed by atoms with E-state index < -0.39 is 5.66 Å². The van der Waals surface area contributed by atoms with E-state index in [-0.39, 0.29) is 24.1 Å². The van der Waals surface area contributed by atoms with Gasteiger partial charge in [0.15, 0.2) is 0 Å². The summed E-state index contributed by atoms with van der Waals surface area (Å²) in [5.74, 6) is 0.273. The van der Waals surface area contributed by atoms with Gasteiger partial charge in [-0.3, -0.25) is 19.3 Å². The highest BCUT2D eigenvalue weighted by molar-refractivity contribution is 6.10. The van der Waals surface area contributed by atoms with Crippen LogP contribution < -0.4 is 15.1 Å². The van der Waals surface area contributed by atoms with E-state index in [4.69, 9.17) is 0 Å². The van der Waals surface area contributed by atoms with E-state index in [2.05, 4.69) is 22.3 Å². The van der Waals surface area contributed by atoms with E-state index in [1.807, 2.05) is 43.3 Å². The fourth-order valence-electron chi connectivity index (χ4n) is 5.47. The van der Waals surface area contributed by atoms with Crippen molar-refractivity contribution in [2.45, 2.75) is 38.3 Å². The van der Waals surface area contributed by atoms with Crippen molar-refractivity contribution in [1.29, 1.82) is 0 Å². The predicted octanol–water partition coefficient (Wildman–Crippen LogP) is 3.02. The van der Waals surface area contributed by atoms with Gasteiger partial charge in [-0.15, -0.1) is 0 Å². The lowest BCUT2D eigenvalue weighted by molar-refractivity contribution is -0.121. The van der Waals surface area contributed by atoms with Gasteiger partial charge in [0.2, 0.25) is 11.8 Å². The number of carbonyl (C=O) groups is 3. The van der Waals surface area contributed by atoms with Gasteiger partial charge in [0.1, 0.15) is 5.66 Å². The second-order valence-electron chi connectivity index (χ2n) is 9.41. The Labute approximate surface area is 194 Å². The number of amides is 3. The van der Waals surface area contributed by atoms with Crippen LogP contribution >= 0.6 is 0 Å². The number of rotatable bonds is 6. The van der Waals surface area contributed by atoms with Crippen molar-refractivity contribution in [2.75, 3.05) is 36.0 Å². The minimum Gasteiger partial charge on any atom is -0.371 e. The van der Waals surface area contributed by atoms with Crippen molar-refractivity contribution in [3.8, 4) is 0 Å². The lowest BCUT2D eigenvalue weighted by Crippen LogP contribution is -2.62. The molecule has 2 saturated heterocycles. The van der Waals surface area contributed by atoms with Gasteiger partial charge in [-0.1, -0.05) is 30.3 Å². The molecule has 2 fully saturated rings. The summed E-state index contributed by atoms with van der Waals surface area (Å²) >= 11 is 0. The molecule has 7 heteroatoms. The smallest absolute Gasteiger partial charge is 0.257 e. The van der Waals surface area contributed by atoms with E-state index in [1.54, 1.807) is 15.9 Å². The summed E-state index contributed by atoms with van der Waals surface area (Å²) in [6, 6.07) is 17.6. The van der Waals surface area contributed by atoms with Gasteiger partial charge in [-0.05, 0) is 49.9 Å². The molecule has 3 amide bonds. The zero-order valence-corrected chi connectivity index (χ0v) is 19.0. The summed E-state index contributed by atoms with van der Waals surface area (Å²) in [6.07, 6.45) is 2.25. The molecular formula is C26H30N4O3. The number of hydrogen-bond donors (Lipinski definition) is 1. The number of nitrogens with one attached hydrogen (secondary N) is 1. The molecular weight excluding hydrogens is 416 g/mol. The van der Waals surface area contributed by atoms with Crippen LogP contribution in [0.2, 0.25) is 0 Å². The van der Waals surface area contributed by atoms with Crippen LogP contribution in [0, 0.1) is 5.92 Å². The topological polar surface area (TPSA) is 73.0 Å². The number of fused-ring (bicyclic) bond motifs is 3. The van der Waals surface area contributed by atoms with Gasteiger partial charge in [-0.2, -0.15) is 0 Å². The highest BCUT2D eigenvalue weighted by atomic mass is 16.2. The van der Waals surface area contributed by atoms with Crippen molar-refractivity contribution in [3.05, 3.63) is 60.2 Å². The fourth-order valence-corrected chi connectivity index (χ4v) is 5.47. The minimum absolute atomic E-state index is 0.0242. The maximum absolute atomic E-state index is 13.3. The van der Waals surface area contributed by atoms with Crippen LogP contribution in [0.25, 0.3) is 0 Å². The monoisotopic (exact) mass is 446 g/mol. The second kappa shape index (κ2) is 8.54. The van der Waals surface area contributed by atoms with Crippen LogP contribution in [0.5, 0.6) is 0 Å². The predicted molar refractivity (Wildman–Crippen MR) is 127 cm³/mol. The first kappa shape index (κ1) is 21.5. The number of hydrogen-bond acceptors (Lipinski definition) is 4. The molecule has 2 unspecified atom stereocenters. The first-order chi connectivity index (χ1) is 16.0. The molecule has 0 bridgehead atoms. The Balaban J connectivity index is 1.19. The maximum Gasteiger partial charge on any atom is 0.257 e. The van der Waals surface area contributed by atoms with Gasteiger partial charge in [0.05, 0.1) is 11.3 Å². The summed E-state index contributed by atoms with van der Waals surface area (Å²) in [5, 5.41) is 3.07. The molecule has 0 aliphatic carbocycles. The molecule has 33 heavy (non-hydrogen) atoms. The van der Waals surface area contributed by atoms with Crippen molar-refractivity contribution in [1.82, 2.24) is 10.2 Å². The largest absolute Gasteiger partial charge is 0.371 e. The number of para-hydroxylation sites is 2. The third-order valence-electron chi connectivity index (χ3n) is 7.30. The molecule has 3 aliphatic heterocycles. The number of nitrogens with zero attached hydrogens (tertiary/aromatic N) is 3. The molecule has 3 heterocycles. The third kappa shape index (κ3) is 3.86. The molecule has 0 aromatic heterocycles. The molecule has 2 aromatic carbocycles. The Kier molecular flexibility index (Phi) is 5.56. The van der Waals surface area contributed by atoms with Crippen molar-refractivity contribution < 1.29 is 14.4 Å². The fraction of sp³-hybridized carbons (Fsp3) is 0.423.